The summed E-state index contributed by atoms with van der Waals surface area (Å²) >= 11 is 0. The number of sulfonamides is 1. The van der Waals surface area contributed by atoms with Gasteiger partial charge in [-0.15, -0.1) is 0 Å². The second-order valence-corrected chi connectivity index (χ2v) is 8.70. The van der Waals surface area contributed by atoms with Crippen LogP contribution in [0.4, 0.5) is 5.82 Å². The van der Waals surface area contributed by atoms with Gasteiger partial charge in [0.15, 0.2) is 0 Å². The van der Waals surface area contributed by atoms with Crippen molar-refractivity contribution in [3.63, 3.8) is 0 Å². The molecule has 2 aromatic rings. The molecule has 6 heteroatoms. The van der Waals surface area contributed by atoms with Crippen molar-refractivity contribution in [3.05, 3.63) is 53.7 Å². The molecule has 5 nitrogen and oxygen atoms in total. The molecule has 1 N–H and O–H groups in total. The fourth-order valence-electron chi connectivity index (χ4n) is 3.40. The van der Waals surface area contributed by atoms with E-state index >= 15 is 0 Å². The van der Waals surface area contributed by atoms with Crippen molar-refractivity contribution in [2.75, 3.05) is 18.4 Å². The van der Waals surface area contributed by atoms with Crippen LogP contribution < -0.4 is 5.32 Å². The summed E-state index contributed by atoms with van der Waals surface area (Å²) < 4.78 is 28.0. The Morgan fingerprint density at radius 1 is 1.23 bits per heavy atom. The Hall–Kier alpha value is -1.92. The zero-order valence-corrected chi connectivity index (χ0v) is 16.3. The smallest absolute Gasteiger partial charge is 0.243 e. The van der Waals surface area contributed by atoms with Crippen molar-refractivity contribution in [1.82, 2.24) is 9.29 Å². The van der Waals surface area contributed by atoms with Crippen LogP contribution in [0, 0.1) is 6.92 Å². The molecular formula is C20H27N3O2S. The monoisotopic (exact) mass is 373 g/mol. The molecule has 0 bridgehead atoms. The highest BCUT2D eigenvalue weighted by Gasteiger charge is 2.37. The zero-order chi connectivity index (χ0) is 18.6. The molecule has 1 aromatic heterocycles. The summed E-state index contributed by atoms with van der Waals surface area (Å²) in [6.07, 6.45) is 5.60. The number of nitrogens with zero attached hydrogens (tertiary/aromatic N) is 2. The summed E-state index contributed by atoms with van der Waals surface area (Å²) in [5, 5.41) is 3.38. The highest BCUT2D eigenvalue weighted by molar-refractivity contribution is 7.89. The molecule has 2 heterocycles. The molecule has 1 fully saturated rings. The van der Waals surface area contributed by atoms with Gasteiger partial charge in [0.25, 0.3) is 0 Å². The number of anilines is 1. The van der Waals surface area contributed by atoms with Gasteiger partial charge in [0.05, 0.1) is 10.9 Å². The zero-order valence-electron chi connectivity index (χ0n) is 15.5. The lowest BCUT2D eigenvalue weighted by Gasteiger charge is -2.26. The lowest BCUT2D eigenvalue weighted by molar-refractivity contribution is 0.397. The second-order valence-electron chi connectivity index (χ2n) is 6.81. The number of hydrogen-bond acceptors (Lipinski definition) is 4. The predicted molar refractivity (Wildman–Crippen MR) is 105 cm³/mol. The molecule has 0 aliphatic carbocycles. The fraction of sp³-hybridized carbons (Fsp3) is 0.450. The number of unbranched alkanes of at least 4 members (excludes halogenated alkanes) is 1. The van der Waals surface area contributed by atoms with E-state index in [-0.39, 0.29) is 6.04 Å². The average Bonchev–Trinajstić information content (AvgIpc) is 3.13. The second kappa shape index (κ2) is 8.18. The minimum Gasteiger partial charge on any atom is -0.370 e. The van der Waals surface area contributed by atoms with Crippen molar-refractivity contribution < 1.29 is 8.42 Å². The topological polar surface area (TPSA) is 62.3 Å². The average molecular weight is 374 g/mol. The normalized spacial score (nSPS) is 18.2. The van der Waals surface area contributed by atoms with Gasteiger partial charge < -0.3 is 5.32 Å². The van der Waals surface area contributed by atoms with E-state index in [1.54, 1.807) is 22.6 Å². The molecule has 0 amide bonds. The molecule has 1 aliphatic heterocycles. The Bertz CT molecular complexity index is 834. The van der Waals surface area contributed by atoms with Gasteiger partial charge in [-0.3, -0.25) is 0 Å². The number of hydrogen-bond donors (Lipinski definition) is 1. The van der Waals surface area contributed by atoms with Gasteiger partial charge in [-0.05, 0) is 44.4 Å². The van der Waals surface area contributed by atoms with Crippen LogP contribution in [0.5, 0.6) is 0 Å². The Balaban J connectivity index is 1.90. The van der Waals surface area contributed by atoms with Crippen molar-refractivity contribution in [3.8, 4) is 0 Å². The van der Waals surface area contributed by atoms with E-state index in [2.05, 4.69) is 17.2 Å². The highest BCUT2D eigenvalue weighted by atomic mass is 32.2. The minimum absolute atomic E-state index is 0.167. The van der Waals surface area contributed by atoms with Crippen molar-refractivity contribution in [2.24, 2.45) is 0 Å². The Morgan fingerprint density at radius 3 is 2.73 bits per heavy atom. The SMILES string of the molecule is CCCCNc1ncccc1C1CCCN1S(=O)(=O)c1ccc(C)cc1. The quantitative estimate of drug-likeness (QED) is 0.741. The van der Waals surface area contributed by atoms with Gasteiger partial charge in [-0.25, -0.2) is 13.4 Å². The van der Waals surface area contributed by atoms with E-state index in [1.807, 2.05) is 31.2 Å². The van der Waals surface area contributed by atoms with Crippen LogP contribution in [0.3, 0.4) is 0 Å². The van der Waals surface area contributed by atoms with E-state index in [9.17, 15) is 8.42 Å². The maximum absolute atomic E-state index is 13.2. The van der Waals surface area contributed by atoms with E-state index in [0.717, 1.165) is 49.2 Å². The van der Waals surface area contributed by atoms with Crippen LogP contribution in [0.15, 0.2) is 47.5 Å². The molecule has 26 heavy (non-hydrogen) atoms. The molecule has 1 aliphatic rings. The largest absolute Gasteiger partial charge is 0.370 e. The van der Waals surface area contributed by atoms with E-state index in [0.29, 0.717) is 11.4 Å². The van der Waals surface area contributed by atoms with Crippen molar-refractivity contribution in [1.29, 1.82) is 0 Å². The third kappa shape index (κ3) is 3.91. The minimum atomic E-state index is -3.52. The van der Waals surface area contributed by atoms with Gasteiger partial charge in [-0.1, -0.05) is 37.1 Å². The summed E-state index contributed by atoms with van der Waals surface area (Å²) in [5.41, 5.74) is 2.02. The first-order chi connectivity index (χ1) is 12.5. The molecular weight excluding hydrogens is 346 g/mol. The molecule has 1 atom stereocenters. The Kier molecular flexibility index (Phi) is 5.94. The standard InChI is InChI=1S/C20H27N3O2S/c1-3-4-13-21-20-18(7-5-14-22-20)19-8-6-15-23(19)26(24,25)17-11-9-16(2)10-12-17/h5,7,9-12,14,19H,3-4,6,8,13,15H2,1-2H3,(H,21,22). The van der Waals surface area contributed by atoms with Crippen LogP contribution >= 0.6 is 0 Å². The maximum Gasteiger partial charge on any atom is 0.243 e. The van der Waals surface area contributed by atoms with Crippen LogP contribution in [-0.2, 0) is 10.0 Å². The first kappa shape index (κ1) is 18.9. The molecule has 1 unspecified atom stereocenters. The summed E-state index contributed by atoms with van der Waals surface area (Å²) in [6.45, 7) is 5.49. The number of aryl methyl sites for hydroxylation is 1. The van der Waals surface area contributed by atoms with E-state index < -0.39 is 10.0 Å². The molecule has 140 valence electrons. The number of nitrogens with one attached hydrogen (secondary N) is 1. The first-order valence-corrected chi connectivity index (χ1v) is 10.8. The summed E-state index contributed by atoms with van der Waals surface area (Å²) in [6, 6.07) is 10.8. The number of aromatic nitrogens is 1. The fourth-order valence-corrected chi connectivity index (χ4v) is 5.08. The lowest BCUT2D eigenvalue weighted by atomic mass is 10.1. The van der Waals surface area contributed by atoms with Crippen molar-refractivity contribution >= 4 is 15.8 Å². The van der Waals surface area contributed by atoms with Gasteiger partial charge in [0.1, 0.15) is 5.82 Å². The highest BCUT2D eigenvalue weighted by Crippen LogP contribution is 2.38. The first-order valence-electron chi connectivity index (χ1n) is 9.31. The Morgan fingerprint density at radius 2 is 2.00 bits per heavy atom. The predicted octanol–water partition coefficient (Wildman–Crippen LogP) is 4.13. The van der Waals surface area contributed by atoms with Crippen LogP contribution in [-0.4, -0.2) is 30.8 Å². The molecule has 1 saturated heterocycles. The van der Waals surface area contributed by atoms with Crippen LogP contribution in [0.1, 0.15) is 49.8 Å². The molecule has 1 aromatic carbocycles. The van der Waals surface area contributed by atoms with E-state index in [1.165, 1.54) is 0 Å². The number of rotatable bonds is 7. The number of benzene rings is 1. The third-order valence-corrected chi connectivity index (χ3v) is 6.77. The van der Waals surface area contributed by atoms with Gasteiger partial charge in [0, 0.05) is 24.8 Å². The lowest BCUT2D eigenvalue weighted by Crippen LogP contribution is -2.31. The summed E-state index contributed by atoms with van der Waals surface area (Å²) in [5.74, 6) is 0.803. The van der Waals surface area contributed by atoms with Crippen LogP contribution in [0.25, 0.3) is 0 Å². The summed E-state index contributed by atoms with van der Waals surface area (Å²) in [4.78, 5) is 4.82. The van der Waals surface area contributed by atoms with Gasteiger partial charge in [0.2, 0.25) is 10.0 Å². The van der Waals surface area contributed by atoms with Crippen LogP contribution in [0.2, 0.25) is 0 Å². The number of pyridine rings is 1. The van der Waals surface area contributed by atoms with Gasteiger partial charge >= 0.3 is 0 Å². The maximum atomic E-state index is 13.2. The van der Waals surface area contributed by atoms with Gasteiger partial charge in [-0.2, -0.15) is 4.31 Å². The summed E-state index contributed by atoms with van der Waals surface area (Å²) in [7, 11) is -3.52. The Labute approximate surface area is 156 Å². The molecule has 0 radical (unpaired) electrons. The van der Waals surface area contributed by atoms with Crippen molar-refractivity contribution in [2.45, 2.75) is 50.5 Å². The third-order valence-electron chi connectivity index (χ3n) is 4.85. The van der Waals surface area contributed by atoms with E-state index in [4.69, 9.17) is 0 Å². The molecule has 0 spiro atoms. The molecule has 0 saturated carbocycles. The molecule has 3 rings (SSSR count).